The molecule has 1 aliphatic carbocycles. The molecule has 0 unspecified atom stereocenters. The third kappa shape index (κ3) is 2.98. The van der Waals surface area contributed by atoms with Crippen LogP contribution in [0.3, 0.4) is 0 Å². The molecule has 0 radical (unpaired) electrons. The third-order valence-electron chi connectivity index (χ3n) is 3.85. The number of carbonyl (C=O) groups is 1. The van der Waals surface area contributed by atoms with Crippen LogP contribution in [0, 0.1) is 5.92 Å². The first kappa shape index (κ1) is 16.1. The molecule has 5 heteroatoms. The molecule has 0 bridgehead atoms. The molecule has 3 N–H and O–H groups in total. The molecule has 1 saturated carbocycles. The van der Waals surface area contributed by atoms with Gasteiger partial charge in [0.15, 0.2) is 5.72 Å². The van der Waals surface area contributed by atoms with E-state index in [0.29, 0.717) is 11.1 Å². The van der Waals surface area contributed by atoms with E-state index in [4.69, 9.17) is 10.5 Å². The summed E-state index contributed by atoms with van der Waals surface area (Å²) in [6, 6.07) is 6.88. The zero-order chi connectivity index (χ0) is 13.2. The Balaban J connectivity index is 0.00000180. The highest BCUT2D eigenvalue weighted by molar-refractivity contribution is 5.85. The van der Waals surface area contributed by atoms with Crippen molar-refractivity contribution in [2.45, 2.75) is 31.1 Å². The molecule has 0 aromatic heterocycles. The van der Waals surface area contributed by atoms with Crippen LogP contribution in [0.4, 0.5) is 0 Å². The van der Waals surface area contributed by atoms with Gasteiger partial charge in [-0.1, -0.05) is 24.6 Å². The van der Waals surface area contributed by atoms with E-state index in [2.05, 4.69) is 0 Å². The van der Waals surface area contributed by atoms with E-state index in [-0.39, 0.29) is 18.3 Å². The molecule has 0 amide bonds. The van der Waals surface area contributed by atoms with Crippen LogP contribution in [0.2, 0.25) is 0 Å². The first-order valence-corrected chi connectivity index (χ1v) is 6.19. The molecule has 0 aliphatic heterocycles. The van der Waals surface area contributed by atoms with Gasteiger partial charge >= 0.3 is 0 Å². The van der Waals surface area contributed by atoms with E-state index in [1.165, 1.54) is 7.11 Å². The topological polar surface area (TPSA) is 72.5 Å². The Morgan fingerprint density at radius 1 is 1.53 bits per heavy atom. The molecule has 1 fully saturated rings. The minimum absolute atomic E-state index is 0. The normalized spacial score (nSPS) is 19.7. The summed E-state index contributed by atoms with van der Waals surface area (Å²) in [7, 11) is 1.48. The van der Waals surface area contributed by atoms with E-state index in [9.17, 15) is 9.90 Å². The lowest BCUT2D eigenvalue weighted by atomic mass is 9.76. The van der Waals surface area contributed by atoms with Crippen molar-refractivity contribution in [3.05, 3.63) is 35.4 Å². The van der Waals surface area contributed by atoms with E-state index >= 15 is 0 Å². The van der Waals surface area contributed by atoms with Gasteiger partial charge in [0.1, 0.15) is 12.4 Å². The van der Waals surface area contributed by atoms with Crippen LogP contribution in [-0.2, 0) is 10.5 Å². The monoisotopic (exact) mass is 285 g/mol. The second kappa shape index (κ2) is 6.48. The molecule has 0 spiro atoms. The van der Waals surface area contributed by atoms with Crippen LogP contribution in [-0.4, -0.2) is 24.6 Å². The van der Waals surface area contributed by atoms with Crippen molar-refractivity contribution in [2.24, 2.45) is 11.7 Å². The molecule has 4 nitrogen and oxygen atoms in total. The lowest BCUT2D eigenvalue weighted by molar-refractivity contribution is -0.139. The van der Waals surface area contributed by atoms with E-state index in [0.717, 1.165) is 25.5 Å². The Kier molecular flexibility index (Phi) is 5.50. The summed E-state index contributed by atoms with van der Waals surface area (Å²) >= 11 is 0. The average Bonchev–Trinajstić information content (AvgIpc) is 2.35. The zero-order valence-corrected chi connectivity index (χ0v) is 11.7. The van der Waals surface area contributed by atoms with Gasteiger partial charge in [-0.25, -0.2) is 0 Å². The number of benzene rings is 1. The number of nitrogens with two attached hydrogens (primary N) is 1. The molecule has 1 aliphatic rings. The summed E-state index contributed by atoms with van der Waals surface area (Å²) in [6.07, 6.45) is 3.07. The minimum Gasteiger partial charge on any atom is -0.388 e. The number of rotatable bonds is 5. The average molecular weight is 286 g/mol. The zero-order valence-electron chi connectivity index (χ0n) is 10.9. The Hall–Kier alpha value is -0.940. The van der Waals surface area contributed by atoms with Crippen molar-refractivity contribution in [2.75, 3.05) is 7.11 Å². The van der Waals surface area contributed by atoms with Crippen LogP contribution >= 0.6 is 12.4 Å². The lowest BCUT2D eigenvalue weighted by Gasteiger charge is -2.41. The summed E-state index contributed by atoms with van der Waals surface area (Å²) in [5.41, 5.74) is 6.12. The summed E-state index contributed by atoms with van der Waals surface area (Å²) in [6.45, 7) is 0. The second-order valence-electron chi connectivity index (χ2n) is 4.88. The van der Waals surface area contributed by atoms with Gasteiger partial charge in [0.25, 0.3) is 0 Å². The molecule has 1 aromatic carbocycles. The van der Waals surface area contributed by atoms with Crippen molar-refractivity contribution in [1.29, 1.82) is 0 Å². The van der Waals surface area contributed by atoms with Gasteiger partial charge in [-0.15, -0.1) is 12.4 Å². The fourth-order valence-electron chi connectivity index (χ4n) is 2.37. The van der Waals surface area contributed by atoms with Crippen molar-refractivity contribution in [3.63, 3.8) is 0 Å². The Morgan fingerprint density at radius 3 is 2.68 bits per heavy atom. The third-order valence-corrected chi connectivity index (χ3v) is 3.85. The van der Waals surface area contributed by atoms with Gasteiger partial charge in [0, 0.05) is 18.2 Å². The van der Waals surface area contributed by atoms with Crippen LogP contribution in [0.25, 0.3) is 0 Å². The molecular weight excluding hydrogens is 266 g/mol. The Bertz CT molecular complexity index is 436. The van der Waals surface area contributed by atoms with E-state index in [1.54, 1.807) is 24.3 Å². The highest BCUT2D eigenvalue weighted by Crippen LogP contribution is 2.37. The maximum Gasteiger partial charge on any atom is 0.168 e. The number of halogens is 1. The number of hydrogen-bond acceptors (Lipinski definition) is 4. The molecule has 106 valence electrons. The number of aliphatic hydroxyl groups is 1. The quantitative estimate of drug-likeness (QED) is 0.640. The van der Waals surface area contributed by atoms with Gasteiger partial charge in [-0.2, -0.15) is 0 Å². The van der Waals surface area contributed by atoms with E-state index < -0.39 is 11.8 Å². The Labute approximate surface area is 119 Å². The molecule has 1 aromatic rings. The predicted octanol–water partition coefficient (Wildman–Crippen LogP) is 1.84. The first-order valence-electron chi connectivity index (χ1n) is 6.19. The second-order valence-corrected chi connectivity index (χ2v) is 4.88. The fourth-order valence-corrected chi connectivity index (χ4v) is 2.37. The van der Waals surface area contributed by atoms with Crippen molar-refractivity contribution < 1.29 is 14.6 Å². The molecule has 19 heavy (non-hydrogen) atoms. The van der Waals surface area contributed by atoms with Crippen LogP contribution in [0.5, 0.6) is 0 Å². The van der Waals surface area contributed by atoms with Crippen LogP contribution in [0.15, 0.2) is 24.3 Å². The summed E-state index contributed by atoms with van der Waals surface area (Å²) < 4.78 is 5.35. The smallest absolute Gasteiger partial charge is 0.168 e. The molecule has 2 rings (SSSR count). The fraction of sp³-hybridized carbons (Fsp3) is 0.500. The minimum atomic E-state index is -1.25. The van der Waals surface area contributed by atoms with Crippen LogP contribution in [0.1, 0.15) is 35.2 Å². The summed E-state index contributed by atoms with van der Waals surface area (Å²) in [5.74, 6) is 0.176. The first-order chi connectivity index (χ1) is 8.61. The molecular formula is C14H20ClNO3. The number of aldehydes is 1. The SMILES string of the molecule is CO[C@](N)(c1cccc(C=O)c1)[C@H](O)C1CCC1.Cl. The summed E-state index contributed by atoms with van der Waals surface area (Å²) in [4.78, 5) is 10.8. The largest absolute Gasteiger partial charge is 0.388 e. The van der Waals surface area contributed by atoms with Gasteiger partial charge in [-0.05, 0) is 24.8 Å². The number of carbonyl (C=O) groups excluding carboxylic acids is 1. The number of ether oxygens (including phenoxy) is 1. The lowest BCUT2D eigenvalue weighted by Crippen LogP contribution is -2.54. The number of hydrogen-bond donors (Lipinski definition) is 2. The standard InChI is InChI=1S/C14H19NO3.ClH/c1-18-14(15,13(17)11-5-3-6-11)12-7-2-4-10(8-12)9-16;/h2,4,7-9,11,13,17H,3,5-6,15H2,1H3;1H/t13-,14-;/m1./s1. The van der Waals surface area contributed by atoms with E-state index in [1.807, 2.05) is 0 Å². The van der Waals surface area contributed by atoms with Crippen molar-refractivity contribution >= 4 is 18.7 Å². The highest BCUT2D eigenvalue weighted by Gasteiger charge is 2.42. The number of aliphatic hydroxyl groups excluding tert-OH is 1. The molecule has 2 atom stereocenters. The van der Waals surface area contributed by atoms with Gasteiger partial charge in [0.2, 0.25) is 0 Å². The van der Waals surface area contributed by atoms with Gasteiger partial charge < -0.3 is 9.84 Å². The van der Waals surface area contributed by atoms with Gasteiger partial charge in [0.05, 0.1) is 0 Å². The predicted molar refractivity (Wildman–Crippen MR) is 75.3 cm³/mol. The van der Waals surface area contributed by atoms with Crippen molar-refractivity contribution in [1.82, 2.24) is 0 Å². The Morgan fingerprint density at radius 2 is 2.21 bits per heavy atom. The maximum absolute atomic E-state index is 10.8. The summed E-state index contributed by atoms with van der Waals surface area (Å²) in [5, 5.41) is 10.4. The molecule has 0 saturated heterocycles. The number of methoxy groups -OCH3 is 1. The van der Waals surface area contributed by atoms with Crippen molar-refractivity contribution in [3.8, 4) is 0 Å². The highest BCUT2D eigenvalue weighted by atomic mass is 35.5. The van der Waals surface area contributed by atoms with Gasteiger partial charge in [-0.3, -0.25) is 10.5 Å². The maximum atomic E-state index is 10.8. The molecule has 0 heterocycles. The van der Waals surface area contributed by atoms with Crippen LogP contribution < -0.4 is 5.73 Å².